The van der Waals surface area contributed by atoms with Gasteiger partial charge in [-0.25, -0.2) is 4.39 Å². The summed E-state index contributed by atoms with van der Waals surface area (Å²) < 4.78 is 24.7. The molecule has 2 amide bonds. The summed E-state index contributed by atoms with van der Waals surface area (Å²) in [5, 5.41) is 2.82. The van der Waals surface area contributed by atoms with Gasteiger partial charge in [0.25, 0.3) is 5.91 Å². The summed E-state index contributed by atoms with van der Waals surface area (Å²) >= 11 is 0. The molecule has 1 aromatic heterocycles. The van der Waals surface area contributed by atoms with E-state index in [1.165, 1.54) is 12.1 Å². The maximum atomic E-state index is 13.9. The van der Waals surface area contributed by atoms with E-state index in [0.717, 1.165) is 39.4 Å². The third-order valence-electron chi connectivity index (χ3n) is 6.56. The normalized spacial score (nSPS) is 13.9. The Morgan fingerprint density at radius 3 is 2.83 bits per heavy atom. The molecule has 5 rings (SSSR count). The second-order valence-electron chi connectivity index (χ2n) is 8.74. The van der Waals surface area contributed by atoms with Gasteiger partial charge >= 0.3 is 0 Å². The molecule has 0 atom stereocenters. The number of aromatic nitrogens is 1. The van der Waals surface area contributed by atoms with Crippen molar-refractivity contribution >= 4 is 11.8 Å². The van der Waals surface area contributed by atoms with Crippen molar-refractivity contribution in [2.24, 2.45) is 0 Å². The van der Waals surface area contributed by atoms with E-state index in [1.54, 1.807) is 12.1 Å². The van der Waals surface area contributed by atoms with E-state index in [2.05, 4.69) is 10.3 Å². The third kappa shape index (κ3) is 4.82. The number of fused-ring (bicyclic) bond motifs is 2. The van der Waals surface area contributed by atoms with E-state index >= 15 is 0 Å². The zero-order chi connectivity index (χ0) is 24.4. The van der Waals surface area contributed by atoms with Gasteiger partial charge in [0.2, 0.25) is 12.7 Å². The Kier molecular flexibility index (Phi) is 6.35. The molecule has 2 aromatic carbocycles. The number of amides is 2. The van der Waals surface area contributed by atoms with Gasteiger partial charge in [0, 0.05) is 37.9 Å². The number of rotatable bonds is 6. The van der Waals surface area contributed by atoms with Crippen LogP contribution in [-0.2, 0) is 30.7 Å². The summed E-state index contributed by atoms with van der Waals surface area (Å²) in [7, 11) is 0. The van der Waals surface area contributed by atoms with Gasteiger partial charge in [-0.2, -0.15) is 0 Å². The maximum absolute atomic E-state index is 13.9. The Labute approximate surface area is 202 Å². The van der Waals surface area contributed by atoms with Crippen molar-refractivity contribution in [2.45, 2.75) is 39.3 Å². The molecule has 8 heteroatoms. The Balaban J connectivity index is 1.22. The van der Waals surface area contributed by atoms with E-state index in [-0.39, 0.29) is 24.8 Å². The van der Waals surface area contributed by atoms with Gasteiger partial charge in [-0.3, -0.25) is 14.6 Å². The molecule has 35 heavy (non-hydrogen) atoms. The van der Waals surface area contributed by atoms with Gasteiger partial charge < -0.3 is 19.7 Å². The molecule has 7 nitrogen and oxygen atoms in total. The van der Waals surface area contributed by atoms with Crippen molar-refractivity contribution in [1.82, 2.24) is 15.2 Å². The van der Waals surface area contributed by atoms with Crippen LogP contribution >= 0.6 is 0 Å². The van der Waals surface area contributed by atoms with Crippen molar-refractivity contribution in [3.8, 4) is 11.5 Å². The first kappa shape index (κ1) is 22.8. The number of nitrogens with one attached hydrogen (secondary N) is 1. The Bertz CT molecular complexity index is 1290. The third-order valence-corrected chi connectivity index (χ3v) is 6.56. The molecule has 0 spiro atoms. The lowest BCUT2D eigenvalue weighted by Crippen LogP contribution is -2.37. The van der Waals surface area contributed by atoms with Gasteiger partial charge in [0.15, 0.2) is 11.5 Å². The van der Waals surface area contributed by atoms with Crippen LogP contribution < -0.4 is 14.8 Å². The highest BCUT2D eigenvalue weighted by Gasteiger charge is 2.24. The maximum Gasteiger partial charge on any atom is 0.254 e. The highest BCUT2D eigenvalue weighted by Crippen LogP contribution is 2.33. The highest BCUT2D eigenvalue weighted by atomic mass is 19.1. The summed E-state index contributed by atoms with van der Waals surface area (Å²) in [4.78, 5) is 31.7. The first-order valence-electron chi connectivity index (χ1n) is 11.6. The van der Waals surface area contributed by atoms with Crippen molar-refractivity contribution in [3.05, 3.63) is 88.0 Å². The van der Waals surface area contributed by atoms with E-state index < -0.39 is 11.7 Å². The number of ether oxygens (including phenoxy) is 2. The topological polar surface area (TPSA) is 80.8 Å². The average molecular weight is 476 g/mol. The van der Waals surface area contributed by atoms with Gasteiger partial charge in [0.05, 0.1) is 5.56 Å². The fourth-order valence-corrected chi connectivity index (χ4v) is 4.58. The number of pyridine rings is 1. The van der Waals surface area contributed by atoms with Gasteiger partial charge in [-0.15, -0.1) is 0 Å². The Morgan fingerprint density at radius 1 is 1.14 bits per heavy atom. The van der Waals surface area contributed by atoms with Gasteiger partial charge in [-0.05, 0) is 66.3 Å². The van der Waals surface area contributed by atoms with Crippen LogP contribution in [0.2, 0.25) is 0 Å². The second-order valence-corrected chi connectivity index (χ2v) is 8.74. The van der Waals surface area contributed by atoms with Crippen LogP contribution in [0.15, 0.2) is 48.7 Å². The number of carbonyl (C=O) groups excluding carboxylic acids is 2. The van der Waals surface area contributed by atoms with Crippen molar-refractivity contribution in [1.29, 1.82) is 0 Å². The average Bonchev–Trinajstić information content (AvgIpc) is 3.34. The summed E-state index contributed by atoms with van der Waals surface area (Å²) in [6.45, 7) is 3.47. The molecule has 0 saturated carbocycles. The van der Waals surface area contributed by atoms with E-state index in [0.29, 0.717) is 32.4 Å². The SMILES string of the molecule is Cc1ncc2c(c1CNC(=O)c1ccccc1F)CCN(C(=O)CCc1ccc3c(c1)OCO3)C2. The van der Waals surface area contributed by atoms with Crippen molar-refractivity contribution < 1.29 is 23.5 Å². The first-order valence-corrected chi connectivity index (χ1v) is 11.6. The van der Waals surface area contributed by atoms with Crippen LogP contribution in [0.25, 0.3) is 0 Å². The van der Waals surface area contributed by atoms with Crippen LogP contribution in [0, 0.1) is 12.7 Å². The lowest BCUT2D eigenvalue weighted by atomic mass is 9.94. The standard InChI is InChI=1S/C27H26FN3O4/c1-17-22(14-30-27(33)21-4-2-3-5-23(21)28)20-10-11-31(15-19(20)13-29-17)26(32)9-7-18-6-8-24-25(12-18)35-16-34-24/h2-6,8,12-13H,7,9-11,14-16H2,1H3,(H,30,33). The summed E-state index contributed by atoms with van der Waals surface area (Å²) in [5.41, 5.74) is 4.88. The van der Waals surface area contributed by atoms with E-state index in [9.17, 15) is 14.0 Å². The first-order chi connectivity index (χ1) is 17.0. The number of hydrogen-bond acceptors (Lipinski definition) is 5. The van der Waals surface area contributed by atoms with Gasteiger partial charge in [-0.1, -0.05) is 18.2 Å². The summed E-state index contributed by atoms with van der Waals surface area (Å²) in [5.74, 6) is 0.527. The minimum atomic E-state index is -0.551. The molecule has 180 valence electrons. The number of carbonyl (C=O) groups is 2. The lowest BCUT2D eigenvalue weighted by Gasteiger charge is -2.30. The fourth-order valence-electron chi connectivity index (χ4n) is 4.58. The zero-order valence-electron chi connectivity index (χ0n) is 19.5. The number of hydrogen-bond donors (Lipinski definition) is 1. The smallest absolute Gasteiger partial charge is 0.254 e. The Morgan fingerprint density at radius 2 is 1.97 bits per heavy atom. The molecule has 0 unspecified atom stereocenters. The molecular weight excluding hydrogens is 449 g/mol. The molecule has 1 N–H and O–H groups in total. The molecule has 2 aliphatic rings. The molecule has 0 bridgehead atoms. The number of nitrogens with zero attached hydrogens (tertiary/aromatic N) is 2. The fraction of sp³-hybridized carbons (Fsp3) is 0.296. The van der Waals surface area contributed by atoms with Crippen LogP contribution in [0.1, 0.15) is 44.7 Å². The minimum Gasteiger partial charge on any atom is -0.454 e. The molecule has 3 aromatic rings. The Hall–Kier alpha value is -3.94. The van der Waals surface area contributed by atoms with Crippen molar-refractivity contribution in [3.63, 3.8) is 0 Å². The minimum absolute atomic E-state index is 0.0159. The predicted octanol–water partition coefficient (Wildman–Crippen LogP) is 3.71. The molecular formula is C27H26FN3O4. The molecule has 0 aliphatic carbocycles. The van der Waals surface area contributed by atoms with Crippen LogP contribution in [0.3, 0.4) is 0 Å². The summed E-state index contributed by atoms with van der Waals surface area (Å²) in [6.07, 6.45) is 3.52. The number of halogens is 1. The quantitative estimate of drug-likeness (QED) is 0.588. The number of benzene rings is 2. The molecule has 2 aliphatic heterocycles. The largest absolute Gasteiger partial charge is 0.454 e. The molecule has 3 heterocycles. The van der Waals surface area contributed by atoms with E-state index in [1.807, 2.05) is 36.2 Å². The summed E-state index contributed by atoms with van der Waals surface area (Å²) in [6, 6.07) is 11.7. The lowest BCUT2D eigenvalue weighted by molar-refractivity contribution is -0.132. The predicted molar refractivity (Wildman–Crippen MR) is 127 cm³/mol. The monoisotopic (exact) mass is 475 g/mol. The van der Waals surface area contributed by atoms with Crippen molar-refractivity contribution in [2.75, 3.05) is 13.3 Å². The molecule has 0 saturated heterocycles. The van der Waals surface area contributed by atoms with Crippen LogP contribution in [-0.4, -0.2) is 35.0 Å². The van der Waals surface area contributed by atoms with Gasteiger partial charge in [0.1, 0.15) is 5.82 Å². The molecule has 0 fully saturated rings. The second kappa shape index (κ2) is 9.74. The van der Waals surface area contributed by atoms with Crippen LogP contribution in [0.4, 0.5) is 4.39 Å². The number of aryl methyl sites for hydroxylation is 2. The zero-order valence-corrected chi connectivity index (χ0v) is 19.5. The van der Waals surface area contributed by atoms with Crippen LogP contribution in [0.5, 0.6) is 11.5 Å². The highest BCUT2D eigenvalue weighted by molar-refractivity contribution is 5.94. The molecule has 0 radical (unpaired) electrons. The van der Waals surface area contributed by atoms with E-state index in [4.69, 9.17) is 9.47 Å².